The Morgan fingerprint density at radius 3 is 2.36 bits per heavy atom. The first-order valence-corrected chi connectivity index (χ1v) is 15.2. The molecule has 1 amide bonds. The number of ether oxygens (including phenoxy) is 2. The van der Waals surface area contributed by atoms with Crippen molar-refractivity contribution in [1.29, 1.82) is 0 Å². The topological polar surface area (TPSA) is 102 Å². The van der Waals surface area contributed by atoms with Crippen molar-refractivity contribution in [1.82, 2.24) is 10.2 Å². The molecule has 0 spiro atoms. The highest BCUT2D eigenvalue weighted by Crippen LogP contribution is 2.45. The minimum absolute atomic E-state index is 0.0901. The van der Waals surface area contributed by atoms with Crippen LogP contribution in [0.25, 0.3) is 5.76 Å². The van der Waals surface area contributed by atoms with Crippen LogP contribution in [0.5, 0.6) is 17.2 Å². The number of methoxy groups -OCH3 is 1. The van der Waals surface area contributed by atoms with Gasteiger partial charge in [-0.05, 0) is 71.8 Å². The van der Waals surface area contributed by atoms with Crippen LogP contribution in [0.15, 0.2) is 113 Å². The number of carbonyl (C=O) groups excluding carboxylic acids is 2. The number of aliphatic hydroxyl groups excluding tert-OH is 1. The van der Waals surface area contributed by atoms with E-state index in [0.717, 1.165) is 16.9 Å². The number of aromatic nitrogens is 2. The summed E-state index contributed by atoms with van der Waals surface area (Å²) in [5.74, 6) is -0.167. The summed E-state index contributed by atoms with van der Waals surface area (Å²) < 4.78 is 25.1. The van der Waals surface area contributed by atoms with Crippen LogP contribution in [0.1, 0.15) is 22.7 Å². The first-order valence-electron chi connectivity index (χ1n) is 13.4. The molecular formula is C33H24FN3O5S2. The van der Waals surface area contributed by atoms with Gasteiger partial charge in [0.15, 0.2) is 4.34 Å². The smallest absolute Gasteiger partial charge is 0.301 e. The minimum atomic E-state index is -1.01. The third-order valence-corrected chi connectivity index (χ3v) is 8.97. The lowest BCUT2D eigenvalue weighted by Crippen LogP contribution is -2.29. The number of carbonyl (C=O) groups is 2. The third-order valence-electron chi connectivity index (χ3n) is 6.84. The lowest BCUT2D eigenvalue weighted by Gasteiger charge is -2.23. The monoisotopic (exact) mass is 625 g/mol. The maximum Gasteiger partial charge on any atom is 0.301 e. The number of nitrogens with zero attached hydrogens (tertiary/aromatic N) is 3. The summed E-state index contributed by atoms with van der Waals surface area (Å²) in [6, 6.07) is 27.9. The number of Topliss-reactive ketones (excluding diaryl/α,β-unsaturated/α-hetero) is 1. The summed E-state index contributed by atoms with van der Waals surface area (Å²) in [5, 5.41) is 20.1. The average molecular weight is 626 g/mol. The number of aliphatic hydroxyl groups is 1. The molecule has 6 rings (SSSR count). The highest BCUT2D eigenvalue weighted by Gasteiger charge is 2.48. The molecular weight excluding hydrogens is 602 g/mol. The number of rotatable bonds is 9. The van der Waals surface area contributed by atoms with Crippen LogP contribution in [0, 0.1) is 5.82 Å². The molecule has 0 saturated carbocycles. The number of hydrogen-bond donors (Lipinski definition) is 1. The first-order chi connectivity index (χ1) is 21.4. The largest absolute Gasteiger partial charge is 0.507 e. The normalized spacial score (nSPS) is 15.9. The van der Waals surface area contributed by atoms with E-state index in [9.17, 15) is 19.1 Å². The number of anilines is 1. The predicted octanol–water partition coefficient (Wildman–Crippen LogP) is 7.40. The summed E-state index contributed by atoms with van der Waals surface area (Å²) in [7, 11) is 1.53. The van der Waals surface area contributed by atoms with E-state index in [-0.39, 0.29) is 22.3 Å². The molecule has 8 nitrogen and oxygen atoms in total. The van der Waals surface area contributed by atoms with Crippen molar-refractivity contribution in [3.63, 3.8) is 0 Å². The molecule has 220 valence electrons. The zero-order chi connectivity index (χ0) is 30.6. The van der Waals surface area contributed by atoms with Gasteiger partial charge in [0.2, 0.25) is 5.13 Å². The van der Waals surface area contributed by atoms with E-state index in [1.807, 2.05) is 30.3 Å². The van der Waals surface area contributed by atoms with E-state index in [2.05, 4.69) is 10.2 Å². The Kier molecular flexibility index (Phi) is 8.40. The lowest BCUT2D eigenvalue weighted by atomic mass is 9.95. The molecule has 0 radical (unpaired) electrons. The van der Waals surface area contributed by atoms with Gasteiger partial charge < -0.3 is 14.6 Å². The molecule has 1 atom stereocenters. The zero-order valence-corrected chi connectivity index (χ0v) is 24.8. The second-order valence-corrected chi connectivity index (χ2v) is 11.8. The number of benzene rings is 4. The SMILES string of the molecule is COc1ccc(C(O)=C2C(=O)C(=O)N(c3nnc(SCc4ccc(F)cc4)s3)C2c2cccc(Oc3ccccc3)c2)cc1. The van der Waals surface area contributed by atoms with Crippen molar-refractivity contribution >= 4 is 45.7 Å². The molecule has 44 heavy (non-hydrogen) atoms. The fourth-order valence-corrected chi connectivity index (χ4v) is 6.53. The molecule has 1 unspecified atom stereocenters. The van der Waals surface area contributed by atoms with Gasteiger partial charge >= 0.3 is 5.91 Å². The summed E-state index contributed by atoms with van der Waals surface area (Å²) in [6.45, 7) is 0. The highest BCUT2D eigenvalue weighted by molar-refractivity contribution is 8.00. The Morgan fingerprint density at radius 2 is 1.64 bits per heavy atom. The summed E-state index contributed by atoms with van der Waals surface area (Å²) in [6.07, 6.45) is 0. The minimum Gasteiger partial charge on any atom is -0.507 e. The molecule has 0 aliphatic carbocycles. The number of hydrogen-bond acceptors (Lipinski definition) is 9. The number of ketones is 1. The Morgan fingerprint density at radius 1 is 0.909 bits per heavy atom. The van der Waals surface area contributed by atoms with Crippen LogP contribution in [0.3, 0.4) is 0 Å². The van der Waals surface area contributed by atoms with E-state index in [0.29, 0.717) is 38.5 Å². The van der Waals surface area contributed by atoms with Gasteiger partial charge in [0.1, 0.15) is 28.8 Å². The first kappa shape index (κ1) is 29.1. The van der Waals surface area contributed by atoms with Crippen molar-refractivity contribution in [2.24, 2.45) is 0 Å². The van der Waals surface area contributed by atoms with E-state index < -0.39 is 17.7 Å². The van der Waals surface area contributed by atoms with Crippen LogP contribution in [0.2, 0.25) is 0 Å². The van der Waals surface area contributed by atoms with Gasteiger partial charge in [-0.2, -0.15) is 0 Å². The van der Waals surface area contributed by atoms with Crippen LogP contribution < -0.4 is 14.4 Å². The number of halogens is 1. The summed E-state index contributed by atoms with van der Waals surface area (Å²) in [5.41, 5.74) is 1.68. The zero-order valence-electron chi connectivity index (χ0n) is 23.2. The Balaban J connectivity index is 1.39. The predicted molar refractivity (Wildman–Crippen MR) is 167 cm³/mol. The van der Waals surface area contributed by atoms with Gasteiger partial charge in [0, 0.05) is 11.3 Å². The van der Waals surface area contributed by atoms with Crippen molar-refractivity contribution < 1.29 is 28.6 Å². The van der Waals surface area contributed by atoms with Gasteiger partial charge in [0.25, 0.3) is 5.78 Å². The second-order valence-electron chi connectivity index (χ2n) is 9.65. The Labute approximate surface area is 260 Å². The Bertz CT molecular complexity index is 1840. The number of para-hydroxylation sites is 1. The molecule has 4 aromatic carbocycles. The highest BCUT2D eigenvalue weighted by atomic mass is 32.2. The molecule has 1 aliphatic heterocycles. The van der Waals surface area contributed by atoms with Crippen molar-refractivity contribution in [3.05, 3.63) is 131 Å². The molecule has 0 bridgehead atoms. The van der Waals surface area contributed by atoms with E-state index >= 15 is 0 Å². The van der Waals surface area contributed by atoms with Gasteiger partial charge in [-0.15, -0.1) is 10.2 Å². The van der Waals surface area contributed by atoms with Gasteiger partial charge in [-0.3, -0.25) is 14.5 Å². The molecule has 2 heterocycles. The molecule has 1 N–H and O–H groups in total. The molecule has 11 heteroatoms. The second kappa shape index (κ2) is 12.7. The Hall–Kier alpha value is -5.00. The van der Waals surface area contributed by atoms with Crippen LogP contribution >= 0.6 is 23.1 Å². The third kappa shape index (κ3) is 6.05. The fourth-order valence-electron chi connectivity index (χ4n) is 4.71. The van der Waals surface area contributed by atoms with Crippen LogP contribution in [0.4, 0.5) is 9.52 Å². The van der Waals surface area contributed by atoms with E-state index in [1.165, 1.54) is 35.9 Å². The van der Waals surface area contributed by atoms with Crippen molar-refractivity contribution in [2.45, 2.75) is 16.1 Å². The number of amides is 1. The van der Waals surface area contributed by atoms with Crippen molar-refractivity contribution in [3.8, 4) is 17.2 Å². The average Bonchev–Trinajstić information content (AvgIpc) is 3.62. The van der Waals surface area contributed by atoms with E-state index in [1.54, 1.807) is 60.7 Å². The maximum atomic E-state index is 13.6. The summed E-state index contributed by atoms with van der Waals surface area (Å²) >= 11 is 2.52. The fraction of sp³-hybridized carbons (Fsp3) is 0.0909. The van der Waals surface area contributed by atoms with Gasteiger partial charge in [-0.25, -0.2) is 4.39 Å². The lowest BCUT2D eigenvalue weighted by molar-refractivity contribution is -0.132. The molecule has 1 aromatic heterocycles. The molecule has 1 fully saturated rings. The molecule has 1 saturated heterocycles. The van der Waals surface area contributed by atoms with Gasteiger partial charge in [-0.1, -0.05) is 65.6 Å². The van der Waals surface area contributed by atoms with E-state index in [4.69, 9.17) is 9.47 Å². The maximum absolute atomic E-state index is 13.6. The van der Waals surface area contributed by atoms with Gasteiger partial charge in [0.05, 0.1) is 18.7 Å². The molecule has 1 aliphatic rings. The van der Waals surface area contributed by atoms with Crippen LogP contribution in [-0.2, 0) is 15.3 Å². The molecule has 5 aromatic rings. The van der Waals surface area contributed by atoms with Crippen molar-refractivity contribution in [2.75, 3.05) is 12.0 Å². The summed E-state index contributed by atoms with van der Waals surface area (Å²) in [4.78, 5) is 28.5. The quantitative estimate of drug-likeness (QED) is 0.0595. The van der Waals surface area contributed by atoms with Crippen LogP contribution in [-0.4, -0.2) is 34.1 Å². The number of thioether (sulfide) groups is 1. The standard InChI is InChI=1S/C33H24FN3O5S2/c1-41-24-16-12-21(13-17-24)29(38)27-28(22-6-5-9-26(18-22)42-25-7-3-2-4-8-25)37(31(40)30(27)39)32-35-36-33(44-32)43-19-20-10-14-23(34)15-11-20/h2-18,28,38H,19H2,1H3.